The molecule has 0 aromatic rings. The first-order valence-corrected chi connectivity index (χ1v) is 9.63. The molecule has 0 aromatic heterocycles. The summed E-state index contributed by atoms with van der Waals surface area (Å²) in [6.07, 6.45) is 1.35. The van der Waals surface area contributed by atoms with Crippen LogP contribution in [0, 0.1) is 5.92 Å². The minimum atomic E-state index is -3.55. The second-order valence-corrected chi connectivity index (χ2v) is 8.78. The van der Waals surface area contributed by atoms with Crippen LogP contribution in [0.25, 0.3) is 0 Å². The Morgan fingerprint density at radius 1 is 1.43 bits per heavy atom. The molecule has 3 aliphatic rings. The summed E-state index contributed by atoms with van der Waals surface area (Å²) in [5, 5.41) is 9.42. The van der Waals surface area contributed by atoms with Gasteiger partial charge in [-0.3, -0.25) is 14.5 Å². The molecular formula is C12H15N3O6S2. The predicted octanol–water partition coefficient (Wildman–Crippen LogP) is -1.62. The minimum Gasteiger partial charge on any atom is -0.477 e. The van der Waals surface area contributed by atoms with Crippen LogP contribution in [0.15, 0.2) is 10.6 Å². The number of amides is 2. The van der Waals surface area contributed by atoms with Crippen LogP contribution in [0.1, 0.15) is 6.42 Å². The molecule has 9 nitrogen and oxygen atoms in total. The van der Waals surface area contributed by atoms with Gasteiger partial charge in [0.05, 0.1) is 18.1 Å². The number of carboxylic acid groups (broad SMARTS) is 1. The van der Waals surface area contributed by atoms with E-state index in [9.17, 15) is 27.9 Å². The number of carboxylic acids is 1. The molecule has 3 heterocycles. The van der Waals surface area contributed by atoms with Gasteiger partial charge >= 0.3 is 5.97 Å². The molecule has 3 atom stereocenters. The van der Waals surface area contributed by atoms with E-state index in [0.717, 1.165) is 27.2 Å². The Labute approximate surface area is 136 Å². The van der Waals surface area contributed by atoms with E-state index in [0.29, 0.717) is 11.3 Å². The molecule has 0 radical (unpaired) electrons. The fraction of sp³-hybridized carbons (Fsp3) is 0.583. The van der Waals surface area contributed by atoms with Crippen LogP contribution in [0.3, 0.4) is 0 Å². The highest BCUT2D eigenvalue weighted by molar-refractivity contribution is 8.03. The molecule has 2 saturated heterocycles. The molecule has 3 rings (SSSR count). The Balaban J connectivity index is 1.96. The van der Waals surface area contributed by atoms with E-state index < -0.39 is 39.9 Å². The van der Waals surface area contributed by atoms with E-state index in [1.54, 1.807) is 0 Å². The maximum Gasteiger partial charge on any atom is 0.353 e. The number of carbonyl (C=O) groups excluding carboxylic acids is 2. The normalized spacial score (nSPS) is 30.2. The quantitative estimate of drug-likeness (QED) is 0.561. The number of nitrogens with two attached hydrogens (primary N) is 1. The van der Waals surface area contributed by atoms with Crippen molar-refractivity contribution in [3.8, 4) is 0 Å². The van der Waals surface area contributed by atoms with Gasteiger partial charge in [0.25, 0.3) is 0 Å². The van der Waals surface area contributed by atoms with E-state index in [-0.39, 0.29) is 23.9 Å². The van der Waals surface area contributed by atoms with Gasteiger partial charge in [0.15, 0.2) is 0 Å². The summed E-state index contributed by atoms with van der Waals surface area (Å²) in [5.41, 5.74) is 4.93. The van der Waals surface area contributed by atoms with Gasteiger partial charge in [-0.15, -0.1) is 11.8 Å². The number of rotatable bonds is 5. The molecule has 0 aliphatic carbocycles. The number of carbonyl (C=O) groups is 3. The molecule has 3 aliphatic heterocycles. The van der Waals surface area contributed by atoms with Gasteiger partial charge in [-0.1, -0.05) is 0 Å². The van der Waals surface area contributed by atoms with Gasteiger partial charge < -0.3 is 10.8 Å². The van der Waals surface area contributed by atoms with Gasteiger partial charge in [0.2, 0.25) is 21.8 Å². The Morgan fingerprint density at radius 3 is 2.61 bits per heavy atom. The van der Waals surface area contributed by atoms with Crippen molar-refractivity contribution in [3.63, 3.8) is 0 Å². The monoisotopic (exact) mass is 361 g/mol. The Kier molecular flexibility index (Phi) is 3.69. The van der Waals surface area contributed by atoms with E-state index >= 15 is 0 Å². The smallest absolute Gasteiger partial charge is 0.353 e. The zero-order chi connectivity index (χ0) is 17.1. The van der Waals surface area contributed by atoms with Gasteiger partial charge in [-0.2, -0.15) is 4.31 Å². The van der Waals surface area contributed by atoms with Crippen molar-refractivity contribution in [2.75, 3.05) is 18.6 Å². The summed E-state index contributed by atoms with van der Waals surface area (Å²) in [6, 6.07) is -1.26. The third-order valence-electron chi connectivity index (χ3n) is 4.29. The Morgan fingerprint density at radius 2 is 2.09 bits per heavy atom. The number of allylic oxidation sites excluding steroid dienone is 1. The van der Waals surface area contributed by atoms with Gasteiger partial charge in [0.1, 0.15) is 11.7 Å². The predicted molar refractivity (Wildman–Crippen MR) is 80.4 cm³/mol. The van der Waals surface area contributed by atoms with Crippen molar-refractivity contribution in [3.05, 3.63) is 10.6 Å². The second-order valence-electron chi connectivity index (χ2n) is 5.77. The van der Waals surface area contributed by atoms with Crippen molar-refractivity contribution in [2.24, 2.45) is 11.7 Å². The SMILES string of the molecule is CS(=O)(=O)N1C[C@H]2CC(SCC(N)=O)=C(C(=O)O)N3C(=O)[C@@H]1[C@@H]23. The first-order chi connectivity index (χ1) is 10.6. The van der Waals surface area contributed by atoms with Gasteiger partial charge in [-0.25, -0.2) is 13.2 Å². The molecule has 2 fully saturated rings. The van der Waals surface area contributed by atoms with Crippen LogP contribution < -0.4 is 5.73 Å². The molecular weight excluding hydrogens is 346 g/mol. The van der Waals surface area contributed by atoms with E-state index in [1.807, 2.05) is 0 Å². The first kappa shape index (κ1) is 16.3. The van der Waals surface area contributed by atoms with Crippen molar-refractivity contribution in [2.45, 2.75) is 18.5 Å². The molecule has 3 N–H and O–H groups in total. The maximum atomic E-state index is 12.3. The van der Waals surface area contributed by atoms with E-state index in [2.05, 4.69) is 0 Å². The van der Waals surface area contributed by atoms with E-state index in [4.69, 9.17) is 5.73 Å². The number of thioether (sulfide) groups is 1. The number of hydrogen-bond donors (Lipinski definition) is 2. The van der Waals surface area contributed by atoms with Crippen LogP contribution in [-0.4, -0.2) is 71.2 Å². The number of sulfonamides is 1. The highest BCUT2D eigenvalue weighted by atomic mass is 32.2. The largest absolute Gasteiger partial charge is 0.477 e. The lowest BCUT2D eigenvalue weighted by Crippen LogP contribution is -2.69. The number of primary amides is 1. The average Bonchev–Trinajstić information content (AvgIpc) is 2.79. The van der Waals surface area contributed by atoms with Crippen molar-refractivity contribution < 1.29 is 27.9 Å². The third kappa shape index (κ3) is 2.42. The van der Waals surface area contributed by atoms with Crippen LogP contribution in [-0.2, 0) is 24.4 Å². The average molecular weight is 361 g/mol. The zero-order valence-corrected chi connectivity index (χ0v) is 13.8. The highest BCUT2D eigenvalue weighted by Crippen LogP contribution is 2.49. The van der Waals surface area contributed by atoms with Crippen LogP contribution in [0.5, 0.6) is 0 Å². The van der Waals surface area contributed by atoms with Gasteiger partial charge in [-0.05, 0) is 6.42 Å². The van der Waals surface area contributed by atoms with Crippen LogP contribution in [0.4, 0.5) is 0 Å². The van der Waals surface area contributed by atoms with Crippen LogP contribution in [0.2, 0.25) is 0 Å². The third-order valence-corrected chi connectivity index (χ3v) is 6.66. The summed E-state index contributed by atoms with van der Waals surface area (Å²) in [5.74, 6) is -2.65. The Bertz CT molecular complexity index is 746. The molecule has 2 amide bonds. The fourth-order valence-corrected chi connectivity index (χ4v) is 5.53. The van der Waals surface area contributed by atoms with Crippen molar-refractivity contribution in [1.29, 1.82) is 0 Å². The van der Waals surface area contributed by atoms with E-state index in [1.165, 1.54) is 0 Å². The zero-order valence-electron chi connectivity index (χ0n) is 12.1. The number of nitrogens with zero attached hydrogens (tertiary/aromatic N) is 2. The lowest BCUT2D eigenvalue weighted by atomic mass is 9.82. The standard InChI is InChI=1S/C12H15N3O6S2/c1-23(20,21)14-3-5-2-6(22-4-7(13)16)9(12(18)19)15-8(5)10(14)11(15)17/h5,8,10H,2-4H2,1H3,(H2,13,16)(H,18,19)/t5-,8-,10+/m1/s1. The fourth-order valence-electron chi connectivity index (χ4n) is 3.47. The summed E-state index contributed by atoms with van der Waals surface area (Å²) >= 11 is 0.992. The summed E-state index contributed by atoms with van der Waals surface area (Å²) in [4.78, 5) is 36.4. The number of aliphatic carboxylic acids is 1. The molecule has 23 heavy (non-hydrogen) atoms. The Hall–Kier alpha value is -1.59. The number of β-lactam (4-membered cyclic amide) rings is 1. The lowest BCUT2D eigenvalue weighted by Gasteiger charge is -2.49. The first-order valence-electron chi connectivity index (χ1n) is 6.80. The number of hydrogen-bond acceptors (Lipinski definition) is 6. The second kappa shape index (κ2) is 5.21. The van der Waals surface area contributed by atoms with Crippen molar-refractivity contribution >= 4 is 39.6 Å². The lowest BCUT2D eigenvalue weighted by molar-refractivity contribution is -0.155. The molecule has 0 unspecified atom stereocenters. The summed E-state index contributed by atoms with van der Waals surface area (Å²) < 4.78 is 24.8. The minimum absolute atomic E-state index is 0.0925. The molecule has 0 spiro atoms. The highest BCUT2D eigenvalue weighted by Gasteiger charge is 2.64. The topological polar surface area (TPSA) is 138 Å². The summed E-state index contributed by atoms with van der Waals surface area (Å²) in [6.45, 7) is 0.171. The van der Waals surface area contributed by atoms with Crippen molar-refractivity contribution in [1.82, 2.24) is 9.21 Å². The molecule has 0 aromatic carbocycles. The van der Waals surface area contributed by atoms with Crippen LogP contribution >= 0.6 is 11.8 Å². The summed E-state index contributed by atoms with van der Waals surface area (Å²) in [7, 11) is -3.55. The molecule has 11 heteroatoms. The molecule has 126 valence electrons. The van der Waals surface area contributed by atoms with Gasteiger partial charge in [0, 0.05) is 17.4 Å². The maximum absolute atomic E-state index is 12.3. The molecule has 0 saturated carbocycles. The molecule has 0 bridgehead atoms.